The summed E-state index contributed by atoms with van der Waals surface area (Å²) in [5.74, 6) is 0. The quantitative estimate of drug-likeness (QED) is 0.338. The van der Waals surface area contributed by atoms with Gasteiger partial charge in [0.1, 0.15) is 0 Å². The van der Waals surface area contributed by atoms with Crippen LogP contribution in [0.4, 0.5) is 0 Å². The molecule has 0 unspecified atom stereocenters. The van der Waals surface area contributed by atoms with Crippen molar-refractivity contribution < 1.29 is 0 Å². The Balaban J connectivity index is 0.000000239. The lowest BCUT2D eigenvalue weighted by Crippen LogP contribution is -1.88. The van der Waals surface area contributed by atoms with Gasteiger partial charge in [0.25, 0.3) is 0 Å². The number of hydrogen-bond acceptors (Lipinski definition) is 2. The second-order valence-electron chi connectivity index (χ2n) is 6.05. The number of pyridine rings is 2. The van der Waals surface area contributed by atoms with Crippen LogP contribution in [0.1, 0.15) is 13.8 Å². The van der Waals surface area contributed by atoms with Crippen molar-refractivity contribution in [3.63, 3.8) is 0 Å². The number of benzene rings is 2. The molecule has 0 saturated heterocycles. The van der Waals surface area contributed by atoms with E-state index in [1.807, 2.05) is 56.4 Å². The summed E-state index contributed by atoms with van der Waals surface area (Å²) in [6.07, 6.45) is 5.47. The lowest BCUT2D eigenvalue weighted by atomic mass is 10.1. The van der Waals surface area contributed by atoms with Gasteiger partial charge < -0.3 is 4.57 Å². The summed E-state index contributed by atoms with van der Waals surface area (Å²) in [5.41, 5.74) is 4.59. The van der Waals surface area contributed by atoms with Crippen LogP contribution in [0.3, 0.4) is 0 Å². The molecule has 0 aliphatic carbocycles. The smallest absolute Gasteiger partial charge is 0.0709 e. The van der Waals surface area contributed by atoms with Gasteiger partial charge in [-0.2, -0.15) is 0 Å². The molecule has 0 atom stereocenters. The number of hydrogen-bond donors (Lipinski definition) is 0. The lowest BCUT2D eigenvalue weighted by Gasteiger charge is -2.01. The van der Waals surface area contributed by atoms with Crippen molar-refractivity contribution in [3.8, 4) is 11.3 Å². The van der Waals surface area contributed by atoms with E-state index in [2.05, 4.69) is 64.0 Å². The van der Waals surface area contributed by atoms with Gasteiger partial charge in [-0.25, -0.2) is 0 Å². The number of aromatic nitrogens is 3. The van der Waals surface area contributed by atoms with E-state index in [1.54, 1.807) is 12.4 Å². The Labute approximate surface area is 166 Å². The third kappa shape index (κ3) is 4.09. The molecule has 5 aromatic rings. The monoisotopic (exact) mass is 367 g/mol. The second-order valence-corrected chi connectivity index (χ2v) is 6.05. The summed E-state index contributed by atoms with van der Waals surface area (Å²) in [4.78, 5) is 8.40. The third-order valence-electron chi connectivity index (χ3n) is 4.44. The van der Waals surface area contributed by atoms with Gasteiger partial charge in [0, 0.05) is 41.3 Å². The molecule has 2 aromatic carbocycles. The average Bonchev–Trinajstić information content (AvgIpc) is 3.09. The van der Waals surface area contributed by atoms with Crippen LogP contribution in [0.2, 0.25) is 0 Å². The maximum atomic E-state index is 4.61. The highest BCUT2D eigenvalue weighted by Crippen LogP contribution is 2.30. The van der Waals surface area contributed by atoms with Gasteiger partial charge in [0.15, 0.2) is 0 Å². The Morgan fingerprint density at radius 1 is 0.679 bits per heavy atom. The topological polar surface area (TPSA) is 30.7 Å². The van der Waals surface area contributed by atoms with E-state index in [1.165, 1.54) is 21.8 Å². The van der Waals surface area contributed by atoms with E-state index in [9.17, 15) is 0 Å². The molecule has 3 heteroatoms. The number of fused-ring (bicyclic) bond motifs is 3. The minimum absolute atomic E-state index is 1.02. The molecule has 0 spiro atoms. The molecule has 0 amide bonds. The highest BCUT2D eigenvalue weighted by atomic mass is 14.9. The Morgan fingerprint density at radius 3 is 1.96 bits per heavy atom. The van der Waals surface area contributed by atoms with Crippen LogP contribution in [0, 0.1) is 0 Å². The van der Waals surface area contributed by atoms with Crippen LogP contribution < -0.4 is 0 Å². The summed E-state index contributed by atoms with van der Waals surface area (Å²) in [6.45, 7) is 4.00. The standard InChI is InChI=1S/C18H14N2.C5H5N.C2H6/c1-20-17-10-6-5-9-14(17)15-11-16(19-12-18(15)20)13-7-3-2-4-8-13;1-2-4-6-5-3-1;1-2/h2-12H,1H3;1-5H;1-2H3. The summed E-state index contributed by atoms with van der Waals surface area (Å²) in [6, 6.07) is 26.7. The summed E-state index contributed by atoms with van der Waals surface area (Å²) < 4.78 is 2.20. The van der Waals surface area contributed by atoms with Crippen molar-refractivity contribution >= 4 is 21.8 Å². The van der Waals surface area contributed by atoms with E-state index >= 15 is 0 Å². The predicted octanol–water partition coefficient (Wildman–Crippen LogP) is 6.50. The molecule has 0 fully saturated rings. The van der Waals surface area contributed by atoms with E-state index in [0.717, 1.165) is 11.3 Å². The van der Waals surface area contributed by atoms with Crippen LogP contribution >= 0.6 is 0 Å². The maximum Gasteiger partial charge on any atom is 0.0709 e. The number of para-hydroxylation sites is 1. The Bertz CT molecular complexity index is 1100. The molecule has 3 aromatic heterocycles. The molecule has 0 N–H and O–H groups in total. The highest BCUT2D eigenvalue weighted by molar-refractivity contribution is 6.08. The second kappa shape index (κ2) is 9.47. The van der Waals surface area contributed by atoms with Crippen molar-refractivity contribution in [3.05, 3.63) is 97.5 Å². The SMILES string of the molecule is CC.Cn1c2ccccc2c2cc(-c3ccccc3)ncc21.c1ccncc1. The molecule has 0 aliphatic rings. The molecule has 28 heavy (non-hydrogen) atoms. The molecule has 0 radical (unpaired) electrons. The highest BCUT2D eigenvalue weighted by Gasteiger charge is 2.09. The van der Waals surface area contributed by atoms with E-state index < -0.39 is 0 Å². The first kappa shape index (κ1) is 19.3. The predicted molar refractivity (Wildman–Crippen MR) is 119 cm³/mol. The fraction of sp³-hybridized carbons (Fsp3) is 0.120. The zero-order valence-electron chi connectivity index (χ0n) is 16.6. The average molecular weight is 367 g/mol. The van der Waals surface area contributed by atoms with Crippen molar-refractivity contribution in [2.45, 2.75) is 13.8 Å². The molecular formula is C25H25N3. The molecule has 0 aliphatic heterocycles. The molecule has 3 nitrogen and oxygen atoms in total. The van der Waals surface area contributed by atoms with Crippen molar-refractivity contribution in [2.24, 2.45) is 7.05 Å². The van der Waals surface area contributed by atoms with Crippen LogP contribution in [0.15, 0.2) is 97.5 Å². The molecule has 140 valence electrons. The Hall–Kier alpha value is -3.46. The minimum atomic E-state index is 1.02. The minimum Gasteiger partial charge on any atom is -0.342 e. The maximum absolute atomic E-state index is 4.61. The van der Waals surface area contributed by atoms with Crippen LogP contribution in [-0.2, 0) is 7.05 Å². The molecule has 3 heterocycles. The fourth-order valence-electron chi connectivity index (χ4n) is 3.13. The Morgan fingerprint density at radius 2 is 1.32 bits per heavy atom. The number of nitrogens with zero attached hydrogens (tertiary/aromatic N) is 3. The zero-order valence-corrected chi connectivity index (χ0v) is 16.6. The normalized spacial score (nSPS) is 9.96. The summed E-state index contributed by atoms with van der Waals surface area (Å²) >= 11 is 0. The third-order valence-corrected chi connectivity index (χ3v) is 4.44. The summed E-state index contributed by atoms with van der Waals surface area (Å²) in [7, 11) is 2.09. The first-order valence-electron chi connectivity index (χ1n) is 9.58. The van der Waals surface area contributed by atoms with Crippen LogP contribution in [-0.4, -0.2) is 14.5 Å². The molecule has 0 saturated carbocycles. The van der Waals surface area contributed by atoms with Crippen LogP contribution in [0.25, 0.3) is 33.1 Å². The van der Waals surface area contributed by atoms with Gasteiger partial charge in [0.2, 0.25) is 0 Å². The molecular weight excluding hydrogens is 342 g/mol. The molecule has 5 rings (SSSR count). The van der Waals surface area contributed by atoms with Gasteiger partial charge in [-0.3, -0.25) is 9.97 Å². The first-order chi connectivity index (χ1) is 13.8. The van der Waals surface area contributed by atoms with Crippen LogP contribution in [0.5, 0.6) is 0 Å². The Kier molecular flexibility index (Phi) is 6.53. The van der Waals surface area contributed by atoms with E-state index in [0.29, 0.717) is 0 Å². The van der Waals surface area contributed by atoms with Gasteiger partial charge in [-0.05, 0) is 24.3 Å². The van der Waals surface area contributed by atoms with E-state index in [4.69, 9.17) is 0 Å². The van der Waals surface area contributed by atoms with E-state index in [-0.39, 0.29) is 0 Å². The largest absolute Gasteiger partial charge is 0.342 e. The van der Waals surface area contributed by atoms with Crippen molar-refractivity contribution in [1.82, 2.24) is 14.5 Å². The molecule has 0 bridgehead atoms. The van der Waals surface area contributed by atoms with Gasteiger partial charge in [-0.1, -0.05) is 68.4 Å². The summed E-state index contributed by atoms with van der Waals surface area (Å²) in [5, 5.41) is 2.54. The number of aryl methyl sites for hydroxylation is 1. The first-order valence-corrected chi connectivity index (χ1v) is 9.58. The van der Waals surface area contributed by atoms with Gasteiger partial charge >= 0.3 is 0 Å². The van der Waals surface area contributed by atoms with Crippen molar-refractivity contribution in [1.29, 1.82) is 0 Å². The lowest BCUT2D eigenvalue weighted by molar-refractivity contribution is 1.01. The van der Waals surface area contributed by atoms with Crippen molar-refractivity contribution in [2.75, 3.05) is 0 Å². The van der Waals surface area contributed by atoms with Gasteiger partial charge in [-0.15, -0.1) is 0 Å². The fourth-order valence-corrected chi connectivity index (χ4v) is 3.13. The van der Waals surface area contributed by atoms with Gasteiger partial charge in [0.05, 0.1) is 17.4 Å². The number of rotatable bonds is 1. The zero-order chi connectivity index (χ0) is 19.8.